The third-order valence-corrected chi connectivity index (χ3v) is 3.80. The van der Waals surface area contributed by atoms with E-state index < -0.39 is 6.04 Å². The SMILES string of the molecule is C[C@@H](N)C(=O)N(C)C1CCCN(c2ccccc2)C1. The smallest absolute Gasteiger partial charge is 0.239 e. The molecule has 1 aromatic carbocycles. The van der Waals surface area contributed by atoms with Gasteiger partial charge in [0, 0.05) is 31.9 Å². The predicted octanol–water partition coefficient (Wildman–Crippen LogP) is 1.46. The van der Waals surface area contributed by atoms with Crippen molar-refractivity contribution in [2.75, 3.05) is 25.0 Å². The van der Waals surface area contributed by atoms with Crippen molar-refractivity contribution in [1.29, 1.82) is 0 Å². The second-order valence-corrected chi connectivity index (χ2v) is 5.32. The molecule has 0 spiro atoms. The highest BCUT2D eigenvalue weighted by atomic mass is 16.2. The van der Waals surface area contributed by atoms with E-state index in [9.17, 15) is 4.79 Å². The van der Waals surface area contributed by atoms with Crippen LogP contribution in [0.2, 0.25) is 0 Å². The summed E-state index contributed by atoms with van der Waals surface area (Å²) in [5, 5.41) is 0. The van der Waals surface area contributed by atoms with E-state index >= 15 is 0 Å². The Balaban J connectivity index is 2.03. The second kappa shape index (κ2) is 6.06. The third-order valence-electron chi connectivity index (χ3n) is 3.80. The number of para-hydroxylation sites is 1. The molecule has 4 nitrogen and oxygen atoms in total. The Morgan fingerprint density at radius 1 is 1.42 bits per heavy atom. The highest BCUT2D eigenvalue weighted by molar-refractivity contribution is 5.81. The number of piperidine rings is 1. The summed E-state index contributed by atoms with van der Waals surface area (Å²) < 4.78 is 0. The molecule has 104 valence electrons. The number of likely N-dealkylation sites (N-methyl/N-ethyl adjacent to an activating group) is 1. The predicted molar refractivity (Wildman–Crippen MR) is 78.1 cm³/mol. The minimum absolute atomic E-state index is 0.0277. The number of hydrogen-bond donors (Lipinski definition) is 1. The fraction of sp³-hybridized carbons (Fsp3) is 0.533. The summed E-state index contributed by atoms with van der Waals surface area (Å²) in [6.45, 7) is 3.69. The lowest BCUT2D eigenvalue weighted by molar-refractivity contribution is -0.133. The molecule has 2 atom stereocenters. The number of benzene rings is 1. The molecule has 19 heavy (non-hydrogen) atoms. The third kappa shape index (κ3) is 3.26. The van der Waals surface area contributed by atoms with Crippen LogP contribution in [0.4, 0.5) is 5.69 Å². The average Bonchev–Trinajstić information content (AvgIpc) is 2.46. The molecule has 2 rings (SSSR count). The lowest BCUT2D eigenvalue weighted by atomic mass is 10.0. The Morgan fingerprint density at radius 3 is 2.74 bits per heavy atom. The highest BCUT2D eigenvalue weighted by Gasteiger charge is 2.27. The van der Waals surface area contributed by atoms with E-state index in [1.807, 2.05) is 18.0 Å². The van der Waals surface area contributed by atoms with Crippen LogP contribution in [-0.4, -0.2) is 43.0 Å². The van der Waals surface area contributed by atoms with Crippen molar-refractivity contribution in [1.82, 2.24) is 4.90 Å². The molecule has 0 saturated carbocycles. The number of nitrogens with zero attached hydrogens (tertiary/aromatic N) is 2. The van der Waals surface area contributed by atoms with E-state index in [-0.39, 0.29) is 11.9 Å². The monoisotopic (exact) mass is 261 g/mol. The van der Waals surface area contributed by atoms with Gasteiger partial charge in [0.25, 0.3) is 0 Å². The van der Waals surface area contributed by atoms with Gasteiger partial charge in [0.15, 0.2) is 0 Å². The fourth-order valence-corrected chi connectivity index (χ4v) is 2.65. The van der Waals surface area contributed by atoms with Gasteiger partial charge in [0.1, 0.15) is 0 Å². The number of rotatable bonds is 3. The van der Waals surface area contributed by atoms with Crippen molar-refractivity contribution in [2.45, 2.75) is 31.8 Å². The van der Waals surface area contributed by atoms with Crippen molar-refractivity contribution in [2.24, 2.45) is 5.73 Å². The Morgan fingerprint density at radius 2 is 2.11 bits per heavy atom. The minimum atomic E-state index is -0.419. The maximum atomic E-state index is 12.0. The van der Waals surface area contributed by atoms with Gasteiger partial charge >= 0.3 is 0 Å². The molecule has 1 aliphatic heterocycles. The van der Waals surface area contributed by atoms with E-state index in [2.05, 4.69) is 29.2 Å². The molecule has 1 fully saturated rings. The van der Waals surface area contributed by atoms with Crippen LogP contribution >= 0.6 is 0 Å². The maximum Gasteiger partial charge on any atom is 0.239 e. The maximum absolute atomic E-state index is 12.0. The van der Waals surface area contributed by atoms with Gasteiger partial charge in [-0.2, -0.15) is 0 Å². The molecule has 2 N–H and O–H groups in total. The summed E-state index contributed by atoms with van der Waals surface area (Å²) in [5.41, 5.74) is 6.91. The average molecular weight is 261 g/mol. The Hall–Kier alpha value is -1.55. The highest BCUT2D eigenvalue weighted by Crippen LogP contribution is 2.21. The Kier molecular flexibility index (Phi) is 4.43. The van der Waals surface area contributed by atoms with Crippen LogP contribution in [0.5, 0.6) is 0 Å². The quantitative estimate of drug-likeness (QED) is 0.896. The topological polar surface area (TPSA) is 49.6 Å². The van der Waals surface area contributed by atoms with Crippen molar-refractivity contribution >= 4 is 11.6 Å². The van der Waals surface area contributed by atoms with E-state index in [0.717, 1.165) is 25.9 Å². The zero-order chi connectivity index (χ0) is 13.8. The lowest BCUT2D eigenvalue weighted by Gasteiger charge is -2.39. The van der Waals surface area contributed by atoms with Gasteiger partial charge in [-0.05, 0) is 31.9 Å². The largest absolute Gasteiger partial charge is 0.369 e. The Labute approximate surface area is 115 Å². The standard InChI is InChI=1S/C15H23N3O/c1-12(16)15(19)17(2)14-9-6-10-18(11-14)13-7-4-3-5-8-13/h3-5,7-8,12,14H,6,9-11,16H2,1-2H3/t12-,14?/m1/s1. The van der Waals surface area contributed by atoms with Gasteiger partial charge < -0.3 is 15.5 Å². The normalized spacial score (nSPS) is 21.0. The first-order valence-electron chi connectivity index (χ1n) is 6.92. The summed E-state index contributed by atoms with van der Waals surface area (Å²) in [4.78, 5) is 16.1. The molecule has 1 unspecified atom stereocenters. The summed E-state index contributed by atoms with van der Waals surface area (Å²) in [7, 11) is 1.87. The number of nitrogens with two attached hydrogens (primary N) is 1. The number of anilines is 1. The number of amides is 1. The van der Waals surface area contributed by atoms with Crippen LogP contribution in [0.15, 0.2) is 30.3 Å². The zero-order valence-electron chi connectivity index (χ0n) is 11.7. The van der Waals surface area contributed by atoms with Crippen LogP contribution in [-0.2, 0) is 4.79 Å². The Bertz CT molecular complexity index is 419. The minimum Gasteiger partial charge on any atom is -0.369 e. The van der Waals surface area contributed by atoms with Gasteiger partial charge in [-0.3, -0.25) is 4.79 Å². The molecule has 1 saturated heterocycles. The van der Waals surface area contributed by atoms with Gasteiger partial charge in [0.2, 0.25) is 5.91 Å². The lowest BCUT2D eigenvalue weighted by Crippen LogP contribution is -2.52. The second-order valence-electron chi connectivity index (χ2n) is 5.32. The molecule has 1 amide bonds. The van der Waals surface area contributed by atoms with Crippen molar-refractivity contribution in [3.8, 4) is 0 Å². The van der Waals surface area contributed by atoms with Gasteiger partial charge in [-0.15, -0.1) is 0 Å². The van der Waals surface area contributed by atoms with E-state index in [4.69, 9.17) is 5.73 Å². The summed E-state index contributed by atoms with van der Waals surface area (Å²) >= 11 is 0. The fourth-order valence-electron chi connectivity index (χ4n) is 2.65. The van der Waals surface area contributed by atoms with E-state index in [1.54, 1.807) is 6.92 Å². The molecule has 0 bridgehead atoms. The van der Waals surface area contributed by atoms with Crippen LogP contribution in [0.1, 0.15) is 19.8 Å². The zero-order valence-corrected chi connectivity index (χ0v) is 11.7. The molecule has 4 heteroatoms. The molecule has 1 aliphatic rings. The summed E-state index contributed by atoms with van der Waals surface area (Å²) in [6.07, 6.45) is 2.16. The van der Waals surface area contributed by atoms with Gasteiger partial charge in [-0.1, -0.05) is 18.2 Å². The molecule has 1 aromatic rings. The van der Waals surface area contributed by atoms with Crippen LogP contribution in [0.25, 0.3) is 0 Å². The van der Waals surface area contributed by atoms with Crippen LogP contribution < -0.4 is 10.6 Å². The van der Waals surface area contributed by atoms with Crippen molar-refractivity contribution in [3.63, 3.8) is 0 Å². The van der Waals surface area contributed by atoms with Gasteiger partial charge in [0.05, 0.1) is 6.04 Å². The first kappa shape index (κ1) is 13.9. The molecule has 0 aromatic heterocycles. The van der Waals surface area contributed by atoms with Gasteiger partial charge in [-0.25, -0.2) is 0 Å². The number of carbonyl (C=O) groups excluding carboxylic acids is 1. The first-order chi connectivity index (χ1) is 9.09. The number of hydrogen-bond acceptors (Lipinski definition) is 3. The van der Waals surface area contributed by atoms with Crippen LogP contribution in [0, 0.1) is 0 Å². The van der Waals surface area contributed by atoms with Crippen molar-refractivity contribution < 1.29 is 4.79 Å². The van der Waals surface area contributed by atoms with Crippen LogP contribution in [0.3, 0.4) is 0 Å². The molecular weight excluding hydrogens is 238 g/mol. The molecule has 1 heterocycles. The van der Waals surface area contributed by atoms with Crippen molar-refractivity contribution in [3.05, 3.63) is 30.3 Å². The van der Waals surface area contributed by atoms with E-state index in [1.165, 1.54) is 5.69 Å². The first-order valence-corrected chi connectivity index (χ1v) is 6.92. The molecule has 0 radical (unpaired) electrons. The van der Waals surface area contributed by atoms with E-state index in [0.29, 0.717) is 0 Å². The molecular formula is C15H23N3O. The molecule has 0 aliphatic carbocycles. The summed E-state index contributed by atoms with van der Waals surface area (Å²) in [5.74, 6) is 0.0277. The number of carbonyl (C=O) groups is 1. The summed E-state index contributed by atoms with van der Waals surface area (Å²) in [6, 6.07) is 10.2.